The molecule has 0 aliphatic carbocycles. The summed E-state index contributed by atoms with van der Waals surface area (Å²) in [5.41, 5.74) is 0.670. The van der Waals surface area contributed by atoms with Gasteiger partial charge in [-0.1, -0.05) is 26.7 Å². The summed E-state index contributed by atoms with van der Waals surface area (Å²) in [6.07, 6.45) is 7.36. The highest BCUT2D eigenvalue weighted by atomic mass is 16.5. The Balaban J connectivity index is 2.77. The molecule has 0 aliphatic rings. The van der Waals surface area contributed by atoms with Crippen molar-refractivity contribution in [2.75, 3.05) is 6.61 Å². The molecule has 0 N–H and O–H groups in total. The highest BCUT2D eigenvalue weighted by Gasteiger charge is 2.18. The number of aromatic nitrogens is 1. The van der Waals surface area contributed by atoms with Gasteiger partial charge < -0.3 is 4.74 Å². The molecule has 0 fully saturated rings. The highest BCUT2D eigenvalue weighted by molar-refractivity contribution is 5.97. The summed E-state index contributed by atoms with van der Waals surface area (Å²) in [4.78, 5) is 16.4. The lowest BCUT2D eigenvalue weighted by atomic mass is 9.91. The van der Waals surface area contributed by atoms with Crippen LogP contribution in [0.5, 0.6) is 5.75 Å². The number of carbonyl (C=O) groups excluding carboxylic acids is 1. The number of nitrogens with zero attached hydrogens (tertiary/aromatic N) is 1. The monoisotopic (exact) mass is 249 g/mol. The first kappa shape index (κ1) is 14.7. The van der Waals surface area contributed by atoms with Gasteiger partial charge in [-0.05, 0) is 25.8 Å². The van der Waals surface area contributed by atoms with E-state index in [0.717, 1.165) is 25.7 Å². The van der Waals surface area contributed by atoms with E-state index in [0.29, 0.717) is 17.9 Å². The van der Waals surface area contributed by atoms with E-state index in [9.17, 15) is 4.79 Å². The molecular formula is C15H23NO2. The van der Waals surface area contributed by atoms with Gasteiger partial charge in [0.25, 0.3) is 0 Å². The van der Waals surface area contributed by atoms with Crippen LogP contribution >= 0.6 is 0 Å². The van der Waals surface area contributed by atoms with Gasteiger partial charge in [-0.3, -0.25) is 9.78 Å². The number of unbranched alkanes of at least 4 members (excludes halogenated alkanes) is 1. The molecular weight excluding hydrogens is 226 g/mol. The Labute approximate surface area is 110 Å². The molecule has 1 rings (SSSR count). The van der Waals surface area contributed by atoms with Crippen LogP contribution in [0, 0.1) is 5.92 Å². The second-order valence-corrected chi connectivity index (χ2v) is 4.45. The van der Waals surface area contributed by atoms with E-state index >= 15 is 0 Å². The van der Waals surface area contributed by atoms with E-state index < -0.39 is 0 Å². The van der Waals surface area contributed by atoms with Gasteiger partial charge in [-0.15, -0.1) is 0 Å². The summed E-state index contributed by atoms with van der Waals surface area (Å²) >= 11 is 0. The summed E-state index contributed by atoms with van der Waals surface area (Å²) in [5, 5.41) is 0. The van der Waals surface area contributed by atoms with Crippen molar-refractivity contribution in [2.24, 2.45) is 5.92 Å². The predicted molar refractivity (Wildman–Crippen MR) is 73.0 cm³/mol. The molecule has 0 saturated carbocycles. The zero-order chi connectivity index (χ0) is 13.4. The van der Waals surface area contributed by atoms with Gasteiger partial charge in [0.15, 0.2) is 5.78 Å². The Kier molecular flexibility index (Phi) is 6.40. The number of ether oxygens (including phenoxy) is 1. The van der Waals surface area contributed by atoms with Crippen LogP contribution in [0.2, 0.25) is 0 Å². The van der Waals surface area contributed by atoms with Gasteiger partial charge in [0.1, 0.15) is 5.75 Å². The molecule has 18 heavy (non-hydrogen) atoms. The van der Waals surface area contributed by atoms with E-state index in [1.165, 1.54) is 0 Å². The van der Waals surface area contributed by atoms with Crippen molar-refractivity contribution in [1.29, 1.82) is 0 Å². The molecule has 1 aromatic heterocycles. The van der Waals surface area contributed by atoms with Crippen LogP contribution in [0.25, 0.3) is 0 Å². The van der Waals surface area contributed by atoms with Crippen molar-refractivity contribution < 1.29 is 9.53 Å². The lowest BCUT2D eigenvalue weighted by Crippen LogP contribution is -2.14. The molecule has 1 atom stereocenters. The van der Waals surface area contributed by atoms with Gasteiger partial charge >= 0.3 is 0 Å². The van der Waals surface area contributed by atoms with E-state index in [4.69, 9.17) is 4.74 Å². The normalized spacial score (nSPS) is 12.2. The minimum Gasteiger partial charge on any atom is -0.492 e. The minimum atomic E-state index is 0.114. The van der Waals surface area contributed by atoms with E-state index in [2.05, 4.69) is 18.8 Å². The largest absolute Gasteiger partial charge is 0.492 e. The van der Waals surface area contributed by atoms with Gasteiger partial charge in [-0.25, -0.2) is 0 Å². The van der Waals surface area contributed by atoms with E-state index in [1.54, 1.807) is 18.5 Å². The molecule has 1 heterocycles. The van der Waals surface area contributed by atoms with Crippen molar-refractivity contribution >= 4 is 5.78 Å². The smallest absolute Gasteiger partial charge is 0.167 e. The first-order chi connectivity index (χ1) is 8.72. The third-order valence-corrected chi connectivity index (χ3v) is 3.08. The Morgan fingerprint density at radius 3 is 2.72 bits per heavy atom. The average molecular weight is 249 g/mol. The lowest BCUT2D eigenvalue weighted by molar-refractivity contribution is 0.0907. The fourth-order valence-corrected chi connectivity index (χ4v) is 2.01. The van der Waals surface area contributed by atoms with Crippen LogP contribution in [0.1, 0.15) is 56.8 Å². The molecule has 0 radical (unpaired) electrons. The Morgan fingerprint density at radius 2 is 2.11 bits per heavy atom. The molecule has 0 bridgehead atoms. The molecule has 1 unspecified atom stereocenters. The fourth-order valence-electron chi connectivity index (χ4n) is 2.01. The SMILES string of the molecule is CCCCC(CC)C(=O)c1cncc(OCC)c1. The Bertz CT molecular complexity index is 377. The van der Waals surface area contributed by atoms with Crippen molar-refractivity contribution in [2.45, 2.75) is 46.5 Å². The van der Waals surface area contributed by atoms with Crippen LogP contribution in [-0.2, 0) is 0 Å². The van der Waals surface area contributed by atoms with Gasteiger partial charge in [0, 0.05) is 17.7 Å². The van der Waals surface area contributed by atoms with Crippen LogP contribution < -0.4 is 4.74 Å². The van der Waals surface area contributed by atoms with E-state index in [-0.39, 0.29) is 11.7 Å². The second kappa shape index (κ2) is 7.85. The van der Waals surface area contributed by atoms with Crippen LogP contribution in [0.4, 0.5) is 0 Å². The second-order valence-electron chi connectivity index (χ2n) is 4.45. The summed E-state index contributed by atoms with van der Waals surface area (Å²) in [7, 11) is 0. The summed E-state index contributed by atoms with van der Waals surface area (Å²) in [6, 6.07) is 1.80. The highest BCUT2D eigenvalue weighted by Crippen LogP contribution is 2.20. The molecule has 0 saturated heterocycles. The first-order valence-corrected chi connectivity index (χ1v) is 6.84. The fraction of sp³-hybridized carbons (Fsp3) is 0.600. The average Bonchev–Trinajstić information content (AvgIpc) is 2.40. The zero-order valence-electron chi connectivity index (χ0n) is 11.6. The topological polar surface area (TPSA) is 39.2 Å². The number of ketones is 1. The van der Waals surface area contributed by atoms with Crippen molar-refractivity contribution in [1.82, 2.24) is 4.98 Å². The molecule has 3 heteroatoms. The minimum absolute atomic E-state index is 0.114. The third kappa shape index (κ3) is 4.13. The van der Waals surface area contributed by atoms with Crippen molar-refractivity contribution in [3.8, 4) is 5.75 Å². The predicted octanol–water partition coefficient (Wildman–Crippen LogP) is 3.88. The summed E-state index contributed by atoms with van der Waals surface area (Å²) in [6.45, 7) is 6.73. The number of pyridine rings is 1. The first-order valence-electron chi connectivity index (χ1n) is 6.84. The number of rotatable bonds is 8. The summed E-state index contributed by atoms with van der Waals surface area (Å²) in [5.74, 6) is 0.984. The number of hydrogen-bond donors (Lipinski definition) is 0. The quantitative estimate of drug-likeness (QED) is 0.656. The van der Waals surface area contributed by atoms with Gasteiger partial charge in [-0.2, -0.15) is 0 Å². The van der Waals surface area contributed by atoms with Gasteiger partial charge in [0.05, 0.1) is 12.8 Å². The molecule has 100 valence electrons. The standard InChI is InChI=1S/C15H23NO2/c1-4-7-8-12(5-2)15(17)13-9-14(18-6-3)11-16-10-13/h9-12H,4-8H2,1-3H3. The van der Waals surface area contributed by atoms with Gasteiger partial charge in [0.2, 0.25) is 0 Å². The number of Topliss-reactive ketones (excluding diaryl/α,β-unsaturated/α-hetero) is 1. The molecule has 0 aliphatic heterocycles. The Morgan fingerprint density at radius 1 is 1.33 bits per heavy atom. The molecule has 0 amide bonds. The zero-order valence-corrected chi connectivity index (χ0v) is 11.6. The third-order valence-electron chi connectivity index (χ3n) is 3.08. The maximum Gasteiger partial charge on any atom is 0.167 e. The molecule has 3 nitrogen and oxygen atoms in total. The maximum atomic E-state index is 12.3. The van der Waals surface area contributed by atoms with E-state index in [1.807, 2.05) is 6.92 Å². The molecule has 1 aromatic rings. The van der Waals surface area contributed by atoms with Crippen molar-refractivity contribution in [3.05, 3.63) is 24.0 Å². The lowest BCUT2D eigenvalue weighted by Gasteiger charge is -2.13. The molecule has 0 aromatic carbocycles. The Hall–Kier alpha value is -1.38. The molecule has 0 spiro atoms. The van der Waals surface area contributed by atoms with Crippen LogP contribution in [0.3, 0.4) is 0 Å². The maximum absolute atomic E-state index is 12.3. The van der Waals surface area contributed by atoms with Crippen LogP contribution in [0.15, 0.2) is 18.5 Å². The summed E-state index contributed by atoms with van der Waals surface area (Å²) < 4.78 is 5.38. The number of hydrogen-bond acceptors (Lipinski definition) is 3. The number of carbonyl (C=O) groups is 1. The van der Waals surface area contributed by atoms with Crippen LogP contribution in [-0.4, -0.2) is 17.4 Å². The van der Waals surface area contributed by atoms with Crippen molar-refractivity contribution in [3.63, 3.8) is 0 Å².